The zero-order valence-electron chi connectivity index (χ0n) is 9.92. The number of hydrogen-bond acceptors (Lipinski definition) is 4. The smallest absolute Gasteiger partial charge is 0.258 e. The lowest BCUT2D eigenvalue weighted by molar-refractivity contribution is -0.385. The Morgan fingerprint density at radius 3 is 2.67 bits per heavy atom. The molecule has 2 rings (SSSR count). The van der Waals surface area contributed by atoms with E-state index in [2.05, 4.69) is 4.72 Å². The molecule has 0 aliphatic heterocycles. The van der Waals surface area contributed by atoms with E-state index in [1.807, 2.05) is 6.92 Å². The summed E-state index contributed by atoms with van der Waals surface area (Å²) in [4.78, 5) is 10.3. The number of benzene rings is 1. The van der Waals surface area contributed by atoms with Crippen molar-refractivity contribution >= 4 is 15.7 Å². The van der Waals surface area contributed by atoms with Gasteiger partial charge in [0.15, 0.2) is 0 Å². The Morgan fingerprint density at radius 1 is 1.44 bits per heavy atom. The molecule has 0 unspecified atom stereocenters. The SMILES string of the molecule is Cc1ccc([N+](=O)[O-])c(CNS(=O)(=O)C2CC2)c1. The van der Waals surface area contributed by atoms with Crippen molar-refractivity contribution in [3.63, 3.8) is 0 Å². The highest BCUT2D eigenvalue weighted by Crippen LogP contribution is 2.28. The van der Waals surface area contributed by atoms with Crippen molar-refractivity contribution in [3.05, 3.63) is 39.4 Å². The van der Waals surface area contributed by atoms with Crippen LogP contribution >= 0.6 is 0 Å². The van der Waals surface area contributed by atoms with E-state index in [-0.39, 0.29) is 17.5 Å². The lowest BCUT2D eigenvalue weighted by Crippen LogP contribution is -2.27. The predicted octanol–water partition coefficient (Wildman–Crippen LogP) is 1.49. The fraction of sp³-hybridized carbons (Fsp3) is 0.455. The maximum Gasteiger partial charge on any atom is 0.273 e. The van der Waals surface area contributed by atoms with Gasteiger partial charge in [-0.1, -0.05) is 11.6 Å². The minimum absolute atomic E-state index is 0.0309. The van der Waals surface area contributed by atoms with Crippen LogP contribution in [0.5, 0.6) is 0 Å². The molecule has 1 aliphatic carbocycles. The summed E-state index contributed by atoms with van der Waals surface area (Å²) in [6, 6.07) is 4.67. The number of nitro groups is 1. The quantitative estimate of drug-likeness (QED) is 0.648. The number of hydrogen-bond donors (Lipinski definition) is 1. The molecule has 98 valence electrons. The van der Waals surface area contributed by atoms with Crippen molar-refractivity contribution in [3.8, 4) is 0 Å². The summed E-state index contributed by atoms with van der Waals surface area (Å²) in [6.45, 7) is 1.78. The first kappa shape index (κ1) is 13.0. The molecule has 0 heterocycles. The van der Waals surface area contributed by atoms with Gasteiger partial charge >= 0.3 is 0 Å². The van der Waals surface area contributed by atoms with Crippen LogP contribution in [-0.2, 0) is 16.6 Å². The molecule has 0 saturated heterocycles. The molecule has 1 aromatic carbocycles. The number of rotatable bonds is 5. The molecule has 0 spiro atoms. The second-order valence-electron chi connectivity index (χ2n) is 4.45. The van der Waals surface area contributed by atoms with Crippen molar-refractivity contribution in [2.75, 3.05) is 0 Å². The van der Waals surface area contributed by atoms with Gasteiger partial charge in [-0.05, 0) is 25.8 Å². The fourth-order valence-corrected chi connectivity index (χ4v) is 3.06. The molecule has 7 heteroatoms. The molecule has 0 bridgehead atoms. The van der Waals surface area contributed by atoms with Gasteiger partial charge in [-0.2, -0.15) is 0 Å². The molecular weight excluding hydrogens is 256 g/mol. The van der Waals surface area contributed by atoms with Crippen molar-refractivity contribution in [2.24, 2.45) is 0 Å². The predicted molar refractivity (Wildman–Crippen MR) is 66.6 cm³/mol. The largest absolute Gasteiger partial charge is 0.273 e. The van der Waals surface area contributed by atoms with E-state index in [9.17, 15) is 18.5 Å². The van der Waals surface area contributed by atoms with E-state index >= 15 is 0 Å². The number of nitrogens with zero attached hydrogens (tertiary/aromatic N) is 1. The Kier molecular flexibility index (Phi) is 3.36. The summed E-state index contributed by atoms with van der Waals surface area (Å²) in [6.07, 6.45) is 1.34. The summed E-state index contributed by atoms with van der Waals surface area (Å²) < 4.78 is 25.7. The maximum atomic E-state index is 11.7. The van der Waals surface area contributed by atoms with Crippen molar-refractivity contribution in [1.29, 1.82) is 0 Å². The maximum absolute atomic E-state index is 11.7. The van der Waals surface area contributed by atoms with Gasteiger partial charge in [0.05, 0.1) is 10.2 Å². The Balaban J connectivity index is 2.17. The summed E-state index contributed by atoms with van der Waals surface area (Å²) in [5.41, 5.74) is 1.20. The Hall–Kier alpha value is -1.47. The fourth-order valence-electron chi connectivity index (χ4n) is 1.71. The monoisotopic (exact) mass is 270 g/mol. The highest BCUT2D eigenvalue weighted by atomic mass is 32.2. The van der Waals surface area contributed by atoms with Gasteiger partial charge in [0.2, 0.25) is 10.0 Å². The van der Waals surface area contributed by atoms with Crippen LogP contribution < -0.4 is 4.72 Å². The minimum atomic E-state index is -3.31. The molecule has 0 aromatic heterocycles. The normalized spacial score (nSPS) is 15.6. The lowest BCUT2D eigenvalue weighted by Gasteiger charge is -2.07. The zero-order valence-corrected chi connectivity index (χ0v) is 10.7. The Morgan fingerprint density at radius 2 is 2.11 bits per heavy atom. The second-order valence-corrected chi connectivity index (χ2v) is 6.50. The average Bonchev–Trinajstić information content (AvgIpc) is 3.10. The first-order chi connectivity index (χ1) is 8.40. The highest BCUT2D eigenvalue weighted by Gasteiger charge is 2.35. The first-order valence-corrected chi connectivity index (χ1v) is 7.17. The van der Waals surface area contributed by atoms with Crippen LogP contribution in [0.1, 0.15) is 24.0 Å². The number of sulfonamides is 1. The van der Waals surface area contributed by atoms with E-state index in [1.54, 1.807) is 12.1 Å². The molecule has 1 saturated carbocycles. The summed E-state index contributed by atoms with van der Waals surface area (Å²) in [5, 5.41) is 10.5. The molecule has 6 nitrogen and oxygen atoms in total. The van der Waals surface area contributed by atoms with Crippen molar-refractivity contribution in [2.45, 2.75) is 31.6 Å². The molecule has 1 aromatic rings. The van der Waals surface area contributed by atoms with E-state index in [4.69, 9.17) is 0 Å². The molecule has 1 N–H and O–H groups in total. The van der Waals surface area contributed by atoms with Gasteiger partial charge in [-0.25, -0.2) is 13.1 Å². The molecular formula is C11H14N2O4S. The molecule has 0 radical (unpaired) electrons. The summed E-state index contributed by atoms with van der Waals surface area (Å²) >= 11 is 0. The third-order valence-corrected chi connectivity index (χ3v) is 4.75. The van der Waals surface area contributed by atoms with Crippen LogP contribution in [0.15, 0.2) is 18.2 Å². The standard InChI is InChI=1S/C11H14N2O4S/c1-8-2-5-11(13(14)15)9(6-8)7-12-18(16,17)10-3-4-10/h2,5-6,10,12H,3-4,7H2,1H3. The molecule has 1 fully saturated rings. The van der Waals surface area contributed by atoms with Crippen LogP contribution in [0.25, 0.3) is 0 Å². The van der Waals surface area contributed by atoms with Crippen LogP contribution in [0.4, 0.5) is 5.69 Å². The van der Waals surface area contributed by atoms with Gasteiger partial charge < -0.3 is 0 Å². The summed E-state index contributed by atoms with van der Waals surface area (Å²) in [7, 11) is -3.31. The topological polar surface area (TPSA) is 89.3 Å². The second kappa shape index (κ2) is 4.66. The van der Waals surface area contributed by atoms with E-state index < -0.39 is 14.9 Å². The average molecular weight is 270 g/mol. The van der Waals surface area contributed by atoms with Crippen LogP contribution in [0.2, 0.25) is 0 Å². The molecule has 0 amide bonds. The van der Waals surface area contributed by atoms with Gasteiger partial charge in [0.25, 0.3) is 5.69 Å². The van der Waals surface area contributed by atoms with Crippen LogP contribution in [0, 0.1) is 17.0 Å². The third kappa shape index (κ3) is 2.85. The van der Waals surface area contributed by atoms with E-state index in [1.165, 1.54) is 6.07 Å². The van der Waals surface area contributed by atoms with Gasteiger partial charge in [0.1, 0.15) is 0 Å². The lowest BCUT2D eigenvalue weighted by atomic mass is 10.1. The zero-order chi connectivity index (χ0) is 13.3. The molecule has 1 aliphatic rings. The molecule has 0 atom stereocenters. The minimum Gasteiger partial charge on any atom is -0.258 e. The van der Waals surface area contributed by atoms with E-state index in [0.717, 1.165) is 5.56 Å². The molecule has 18 heavy (non-hydrogen) atoms. The number of nitrogens with one attached hydrogen (secondary N) is 1. The van der Waals surface area contributed by atoms with Crippen LogP contribution in [-0.4, -0.2) is 18.6 Å². The third-order valence-electron chi connectivity index (χ3n) is 2.86. The van der Waals surface area contributed by atoms with Crippen LogP contribution in [0.3, 0.4) is 0 Å². The summed E-state index contributed by atoms with van der Waals surface area (Å²) in [5.74, 6) is 0. The first-order valence-electron chi connectivity index (χ1n) is 5.62. The van der Waals surface area contributed by atoms with Crippen molar-refractivity contribution < 1.29 is 13.3 Å². The van der Waals surface area contributed by atoms with Gasteiger partial charge in [-0.15, -0.1) is 0 Å². The highest BCUT2D eigenvalue weighted by molar-refractivity contribution is 7.90. The van der Waals surface area contributed by atoms with Gasteiger partial charge in [-0.3, -0.25) is 10.1 Å². The van der Waals surface area contributed by atoms with E-state index in [0.29, 0.717) is 18.4 Å². The number of nitro benzene ring substituents is 1. The van der Waals surface area contributed by atoms with Gasteiger partial charge in [0, 0.05) is 18.2 Å². The number of aryl methyl sites for hydroxylation is 1. The Bertz CT molecular complexity index is 579. The Labute approximate surface area is 105 Å². The van der Waals surface area contributed by atoms with Crippen molar-refractivity contribution in [1.82, 2.24) is 4.72 Å².